The first-order valence-electron chi connectivity index (χ1n) is 46.6. The number of carbonyl (C=O) groups excluding carboxylic acids is 3. The van der Waals surface area contributed by atoms with Crippen LogP contribution in [0, 0.1) is 55.8 Å². The van der Waals surface area contributed by atoms with E-state index in [-0.39, 0.29) is 52.8 Å². The van der Waals surface area contributed by atoms with Crippen LogP contribution in [0.3, 0.4) is 0 Å². The van der Waals surface area contributed by atoms with Gasteiger partial charge in [0.05, 0.1) is 112 Å². The number of likely N-dealkylation sites (tertiary alicyclic amines) is 2. The minimum atomic E-state index is -0.263. The zero-order chi connectivity index (χ0) is 98.6. The summed E-state index contributed by atoms with van der Waals surface area (Å²) < 4.78 is 76.4. The van der Waals surface area contributed by atoms with E-state index >= 15 is 0 Å². The van der Waals surface area contributed by atoms with Crippen LogP contribution in [0.4, 0.5) is 27.6 Å². The van der Waals surface area contributed by atoms with Crippen molar-refractivity contribution < 1.29 is 36.3 Å². The van der Waals surface area contributed by atoms with Gasteiger partial charge in [-0.1, -0.05) is 66.7 Å². The molecule has 16 heterocycles. The first kappa shape index (κ1) is 95.2. The van der Waals surface area contributed by atoms with Crippen LogP contribution < -0.4 is 16.0 Å². The lowest BCUT2D eigenvalue weighted by Crippen LogP contribution is -2.43. The van der Waals surface area contributed by atoms with E-state index in [0.29, 0.717) is 68.3 Å². The predicted octanol–water partition coefficient (Wildman–Crippen LogP) is 24.4. The molecule has 0 atom stereocenters. The summed E-state index contributed by atoms with van der Waals surface area (Å²) in [5, 5.41) is 22.2. The Balaban J connectivity index is 0.000000115. The number of carbonyl (C=O) groups is 3. The number of hydrogen-bond donors (Lipinski definition) is 3. The van der Waals surface area contributed by atoms with Crippen molar-refractivity contribution in [3.05, 3.63) is 403 Å². The van der Waals surface area contributed by atoms with E-state index in [1.54, 1.807) is 192 Å². The maximum atomic E-state index is 14.1. The molecule has 23 rings (SSSR count). The van der Waals surface area contributed by atoms with Gasteiger partial charge in [0, 0.05) is 136 Å². The zero-order valence-electron chi connectivity index (χ0n) is 78.4. The predicted molar refractivity (Wildman–Crippen MR) is 555 cm³/mol. The van der Waals surface area contributed by atoms with Crippen molar-refractivity contribution in [2.24, 2.45) is 5.92 Å². The number of benzene rings is 7. The highest BCUT2D eigenvalue weighted by Crippen LogP contribution is 2.40. The van der Waals surface area contributed by atoms with Crippen LogP contribution in [0.15, 0.2) is 340 Å². The molecule has 0 radical (unpaired) electrons. The van der Waals surface area contributed by atoms with Gasteiger partial charge in [-0.15, -0.1) is 22.7 Å². The number of aryl methyl sites for hydroxylation is 3. The molecule has 2 saturated heterocycles. The highest BCUT2D eigenvalue weighted by molar-refractivity contribution is 7.17. The van der Waals surface area contributed by atoms with Crippen molar-refractivity contribution in [2.75, 3.05) is 52.1 Å². The third-order valence-corrected chi connectivity index (χ3v) is 27.0. The normalized spacial score (nSPS) is 12.9. The summed E-state index contributed by atoms with van der Waals surface area (Å²) in [5.41, 5.74) is 28.6. The van der Waals surface area contributed by atoms with Crippen molar-refractivity contribution in [2.45, 2.75) is 52.5 Å². The number of nitrogens with one attached hydrogen (secondary N) is 3. The van der Waals surface area contributed by atoms with Crippen LogP contribution in [-0.4, -0.2) is 149 Å². The second kappa shape index (κ2) is 43.3. The number of nitrogens with zero attached hydrogens (tertiary/aromatic N) is 16. The number of anilines is 1. The largest absolute Gasteiger partial charge is 0.352 e. The molecule has 2 aliphatic heterocycles. The van der Waals surface area contributed by atoms with Crippen molar-refractivity contribution >= 4 is 83.1 Å². The number of rotatable bonds is 17. The standard InChI is InChI=1S/C27H28FN5O.C26H26FN5O.C25H18FN5O.2C18H11FN2S/c1-18-14-21(5-6-24(18)28)26-22(4-3-10-29-26)20-9-13-33-25(15-20)23(17-31-33)27(34)30-16-19-7-11-32(2)12-8-19;1-17-14-19(5-6-23(17)27)25-21(4-3-10-28-25)18-7-13-32-24(15-18)22(16-29-32)26(33)30-20-8-11-31(2)12-9-20;1-16-13-18(4-5-22(16)26)24-20(3-2-9-28-24)17-8-12-31-23(14-17)21(15-29-31)25(32)30-19-6-10-27-11-7-19;19-14-4-1-3-13(9-14)18-15(5-2-8-20-18)12-6-7-16-17(10-12)22-11-21-16;19-15-6-2-1-4-14(15)18-13(5-3-9-20-18)12-7-8-16-17(10-12)22-11-21-16/h3-6,9-10,13-15,17,19H,7-8,11-12,16H2,1-2H3,(H,30,34);3-7,10,13-16,20H,8-9,11-12H2,1-2H3,(H,30,33);2-15H,1H3,(H,27,30,32);2*1-11H. The lowest BCUT2D eigenvalue weighted by Gasteiger charge is -2.29. The molecule has 710 valence electrons. The SMILES string of the molecule is Cc1cc(-c2ncccc2-c2ccn3ncc(C(=O)NC4CCN(C)CC4)c3c2)ccc1F.Cc1cc(-c2ncccc2-c2ccn3ncc(C(=O)NCC4CCN(C)CC4)c3c2)ccc1F.Cc1cc(-c2ncccc2-c2ccn3ncc(C(=O)Nc4ccncc4)c3c2)ccc1F.Fc1cccc(-c2ncccc2-c2ccc3ncsc3c2)c1.Fc1ccccc1-c1ncccc1-c1ccc2ncsc2c1. The lowest BCUT2D eigenvalue weighted by molar-refractivity contribution is 0.0915. The van der Waals surface area contributed by atoms with Crippen LogP contribution >= 0.6 is 22.7 Å². The van der Waals surface area contributed by atoms with Crippen LogP contribution in [-0.2, 0) is 0 Å². The van der Waals surface area contributed by atoms with E-state index in [2.05, 4.69) is 107 Å². The molecule has 22 nitrogen and oxygen atoms in total. The van der Waals surface area contributed by atoms with Gasteiger partial charge in [0.15, 0.2) is 0 Å². The third kappa shape index (κ3) is 21.8. The first-order valence-corrected chi connectivity index (χ1v) is 48.3. The second-order valence-electron chi connectivity index (χ2n) is 35.1. The number of thiazole rings is 2. The Morgan fingerprint density at radius 2 is 0.734 bits per heavy atom. The summed E-state index contributed by atoms with van der Waals surface area (Å²) in [6.07, 6.45) is 26.2. The van der Waals surface area contributed by atoms with E-state index in [0.717, 1.165) is 184 Å². The van der Waals surface area contributed by atoms with Gasteiger partial charge in [0.1, 0.15) is 29.1 Å². The molecule has 3 N–H and O–H groups in total. The van der Waals surface area contributed by atoms with Crippen LogP contribution in [0.25, 0.3) is 149 Å². The molecule has 0 unspecified atom stereocenters. The van der Waals surface area contributed by atoms with Gasteiger partial charge in [0.2, 0.25) is 0 Å². The molecule has 0 spiro atoms. The molecule has 29 heteroatoms. The van der Waals surface area contributed by atoms with E-state index < -0.39 is 0 Å². The zero-order valence-corrected chi connectivity index (χ0v) is 80.1. The Morgan fingerprint density at radius 1 is 0.350 bits per heavy atom. The number of pyridine rings is 9. The molecular formula is C114H94F5N19O3S2. The van der Waals surface area contributed by atoms with Gasteiger partial charge in [-0.25, -0.2) is 45.5 Å². The molecule has 14 aromatic heterocycles. The molecule has 0 bridgehead atoms. The molecule has 7 aromatic carbocycles. The summed E-state index contributed by atoms with van der Waals surface area (Å²) in [6, 6.07) is 75.0. The van der Waals surface area contributed by atoms with Crippen molar-refractivity contribution in [1.29, 1.82) is 0 Å². The Labute approximate surface area is 828 Å². The molecule has 143 heavy (non-hydrogen) atoms. The summed E-state index contributed by atoms with van der Waals surface area (Å²) in [4.78, 5) is 78.6. The summed E-state index contributed by atoms with van der Waals surface area (Å²) >= 11 is 3.20. The summed E-state index contributed by atoms with van der Waals surface area (Å²) in [6.45, 7) is 10.0. The third-order valence-electron chi connectivity index (χ3n) is 25.5. The summed E-state index contributed by atoms with van der Waals surface area (Å²) in [7, 11) is 4.24. The average Bonchev–Trinajstić information content (AvgIpc) is 1.66. The monoisotopic (exact) mass is 1940 g/mol. The number of piperidine rings is 2. The fourth-order valence-corrected chi connectivity index (χ4v) is 19.1. The quantitative estimate of drug-likeness (QED) is 0.0717. The lowest BCUT2D eigenvalue weighted by atomic mass is 9.97. The maximum absolute atomic E-state index is 14.1. The van der Waals surface area contributed by atoms with Crippen LogP contribution in [0.1, 0.15) is 73.4 Å². The van der Waals surface area contributed by atoms with Crippen molar-refractivity contribution in [3.8, 4) is 112 Å². The summed E-state index contributed by atoms with van der Waals surface area (Å²) in [5.74, 6) is -1.21. The van der Waals surface area contributed by atoms with Gasteiger partial charge < -0.3 is 25.8 Å². The van der Waals surface area contributed by atoms with Crippen molar-refractivity contribution in [3.63, 3.8) is 0 Å². The molecule has 2 fully saturated rings. The highest BCUT2D eigenvalue weighted by atomic mass is 32.1. The fraction of sp³-hybridized carbons (Fsp3) is 0.140. The highest BCUT2D eigenvalue weighted by Gasteiger charge is 2.26. The Morgan fingerprint density at radius 3 is 1.17 bits per heavy atom. The number of hydrogen-bond acceptors (Lipinski definition) is 18. The number of fused-ring (bicyclic) bond motifs is 5. The molecule has 21 aromatic rings. The van der Waals surface area contributed by atoms with E-state index in [1.165, 1.54) is 36.4 Å². The Kier molecular flexibility index (Phi) is 28.9. The molecule has 0 aliphatic carbocycles. The van der Waals surface area contributed by atoms with Gasteiger partial charge >= 0.3 is 0 Å². The van der Waals surface area contributed by atoms with E-state index in [9.17, 15) is 36.3 Å². The second-order valence-corrected chi connectivity index (χ2v) is 36.8. The Bertz CT molecular complexity index is 8240. The van der Waals surface area contributed by atoms with Crippen LogP contribution in [0.5, 0.6) is 0 Å². The average molecular weight is 1940 g/mol. The number of amides is 3. The topological polar surface area (TPSA) is 249 Å². The van der Waals surface area contributed by atoms with Crippen LogP contribution in [0.2, 0.25) is 0 Å². The number of aromatic nitrogens is 14. The molecule has 2 aliphatic rings. The minimum absolute atomic E-state index is 0.0997. The molecular weight excluding hydrogens is 1840 g/mol. The van der Waals surface area contributed by atoms with E-state index in [1.807, 2.05) is 157 Å². The van der Waals surface area contributed by atoms with Crippen molar-refractivity contribution in [1.82, 2.24) is 89.1 Å². The van der Waals surface area contributed by atoms with Gasteiger partial charge in [0.25, 0.3) is 17.7 Å². The van der Waals surface area contributed by atoms with E-state index in [4.69, 9.17) is 0 Å². The van der Waals surface area contributed by atoms with Gasteiger partial charge in [-0.2, -0.15) is 15.3 Å². The van der Waals surface area contributed by atoms with Gasteiger partial charge in [-0.05, 0) is 319 Å². The maximum Gasteiger partial charge on any atom is 0.259 e. The first-order chi connectivity index (χ1) is 69.7. The molecule has 0 saturated carbocycles. The minimum Gasteiger partial charge on any atom is -0.352 e. The smallest absolute Gasteiger partial charge is 0.259 e. The molecule has 3 amide bonds. The fourth-order valence-electron chi connectivity index (χ4n) is 17.7. The van der Waals surface area contributed by atoms with Gasteiger partial charge in [-0.3, -0.25) is 44.3 Å². The Hall–Kier alpha value is -16.7. The number of halogens is 5.